The Bertz CT molecular complexity index is 702. The van der Waals surface area contributed by atoms with E-state index in [1.165, 1.54) is 6.07 Å². The van der Waals surface area contributed by atoms with E-state index in [1.807, 2.05) is 30.3 Å². The maximum Gasteiger partial charge on any atom is 0.250 e. The first-order chi connectivity index (χ1) is 11.6. The van der Waals surface area contributed by atoms with Crippen molar-refractivity contribution in [1.82, 2.24) is 5.43 Å². The van der Waals surface area contributed by atoms with Crippen molar-refractivity contribution in [2.24, 2.45) is 11.0 Å². The molecule has 0 heterocycles. The Morgan fingerprint density at radius 3 is 2.46 bits per heavy atom. The number of benzene rings is 2. The van der Waals surface area contributed by atoms with Gasteiger partial charge in [-0.15, -0.1) is 11.8 Å². The molecule has 0 fully saturated rings. The van der Waals surface area contributed by atoms with Crippen LogP contribution in [0.15, 0.2) is 64.6 Å². The number of amides is 1. The van der Waals surface area contributed by atoms with Crippen molar-refractivity contribution in [3.8, 4) is 0 Å². The molecule has 0 aliphatic rings. The molecule has 0 unspecified atom stereocenters. The topological polar surface area (TPSA) is 41.5 Å². The second kappa shape index (κ2) is 9.23. The molecule has 0 bridgehead atoms. The van der Waals surface area contributed by atoms with Gasteiger partial charge in [0.25, 0.3) is 0 Å². The van der Waals surface area contributed by atoms with Crippen LogP contribution in [-0.2, 0) is 4.79 Å². The molecule has 0 saturated carbocycles. The quantitative estimate of drug-likeness (QED) is 0.457. The van der Waals surface area contributed by atoms with Gasteiger partial charge in [0.1, 0.15) is 5.82 Å². The lowest BCUT2D eigenvalue weighted by Crippen LogP contribution is -2.22. The molecule has 0 aliphatic heterocycles. The largest absolute Gasteiger partial charge is 0.272 e. The summed E-state index contributed by atoms with van der Waals surface area (Å²) in [6.07, 6.45) is 0.769. The van der Waals surface area contributed by atoms with Crippen molar-refractivity contribution in [3.05, 3.63) is 66.0 Å². The summed E-state index contributed by atoms with van der Waals surface area (Å²) in [5, 5.41) is 4.28. The molecular formula is C19H21FN2OS. The first-order valence-corrected chi connectivity index (χ1v) is 8.83. The van der Waals surface area contributed by atoms with Gasteiger partial charge < -0.3 is 0 Å². The van der Waals surface area contributed by atoms with Crippen LogP contribution in [0.5, 0.6) is 0 Å². The molecule has 0 spiro atoms. The van der Waals surface area contributed by atoms with Gasteiger partial charge in [-0.25, -0.2) is 9.82 Å². The highest BCUT2D eigenvalue weighted by molar-refractivity contribution is 8.00. The summed E-state index contributed by atoms with van der Waals surface area (Å²) in [5.41, 5.74) is 4.42. The van der Waals surface area contributed by atoms with Crippen LogP contribution in [0.25, 0.3) is 0 Å². The minimum Gasteiger partial charge on any atom is -0.272 e. The summed E-state index contributed by atoms with van der Waals surface area (Å²) in [6, 6.07) is 16.2. The number of carbonyl (C=O) groups is 1. The van der Waals surface area contributed by atoms with E-state index in [0.717, 1.165) is 29.5 Å². The highest BCUT2D eigenvalue weighted by Crippen LogP contribution is 2.20. The van der Waals surface area contributed by atoms with Crippen LogP contribution in [0.3, 0.4) is 0 Å². The molecule has 0 radical (unpaired) electrons. The Kier molecular flexibility index (Phi) is 7.00. The Morgan fingerprint density at radius 1 is 1.12 bits per heavy atom. The van der Waals surface area contributed by atoms with Gasteiger partial charge in [-0.2, -0.15) is 5.10 Å². The summed E-state index contributed by atoms with van der Waals surface area (Å²) in [6.45, 7) is 4.21. The maximum atomic E-state index is 13.5. The van der Waals surface area contributed by atoms with Crippen molar-refractivity contribution < 1.29 is 9.18 Å². The third-order valence-corrected chi connectivity index (χ3v) is 4.27. The summed E-state index contributed by atoms with van der Waals surface area (Å²) >= 11 is 1.16. The molecule has 1 N–H and O–H groups in total. The summed E-state index contributed by atoms with van der Waals surface area (Å²) in [5.74, 6) is -0.0218. The van der Waals surface area contributed by atoms with E-state index in [0.29, 0.717) is 10.8 Å². The van der Waals surface area contributed by atoms with Crippen molar-refractivity contribution in [1.29, 1.82) is 0 Å². The zero-order chi connectivity index (χ0) is 17.4. The molecule has 2 rings (SSSR count). The zero-order valence-electron chi connectivity index (χ0n) is 13.8. The molecule has 0 saturated heterocycles. The zero-order valence-corrected chi connectivity index (χ0v) is 14.6. The molecule has 1 amide bonds. The van der Waals surface area contributed by atoms with Crippen LogP contribution in [0.4, 0.5) is 4.39 Å². The van der Waals surface area contributed by atoms with E-state index in [2.05, 4.69) is 24.4 Å². The number of rotatable bonds is 7. The first-order valence-electron chi connectivity index (χ1n) is 7.84. The smallest absolute Gasteiger partial charge is 0.250 e. The molecule has 5 heteroatoms. The monoisotopic (exact) mass is 344 g/mol. The molecule has 0 atom stereocenters. The van der Waals surface area contributed by atoms with Crippen LogP contribution in [0, 0.1) is 11.7 Å². The Hall–Kier alpha value is -2.14. The molecule has 0 aromatic heterocycles. The van der Waals surface area contributed by atoms with E-state index < -0.39 is 0 Å². The molecule has 24 heavy (non-hydrogen) atoms. The van der Waals surface area contributed by atoms with E-state index in [-0.39, 0.29) is 17.5 Å². The number of hydrogen-bond acceptors (Lipinski definition) is 3. The summed E-state index contributed by atoms with van der Waals surface area (Å²) < 4.78 is 13.5. The van der Waals surface area contributed by atoms with Gasteiger partial charge in [0.05, 0.1) is 11.5 Å². The molecule has 2 aromatic carbocycles. The lowest BCUT2D eigenvalue weighted by atomic mass is 10.0. The SMILES string of the molecule is CC(C)C/C(=N/NC(=O)CSc1ccccc1F)c1ccccc1. The van der Waals surface area contributed by atoms with Crippen molar-refractivity contribution in [2.75, 3.05) is 5.75 Å². The van der Waals surface area contributed by atoms with Gasteiger partial charge in [0.15, 0.2) is 0 Å². The van der Waals surface area contributed by atoms with E-state index >= 15 is 0 Å². The molecular weight excluding hydrogens is 323 g/mol. The maximum absolute atomic E-state index is 13.5. The van der Waals surface area contributed by atoms with Crippen molar-refractivity contribution in [2.45, 2.75) is 25.2 Å². The Labute approximate surface area is 146 Å². The van der Waals surface area contributed by atoms with Crippen molar-refractivity contribution >= 4 is 23.4 Å². The fourth-order valence-electron chi connectivity index (χ4n) is 2.11. The van der Waals surface area contributed by atoms with Gasteiger partial charge in [0.2, 0.25) is 5.91 Å². The van der Waals surface area contributed by atoms with Crippen molar-refractivity contribution in [3.63, 3.8) is 0 Å². The van der Waals surface area contributed by atoms with Gasteiger partial charge in [-0.3, -0.25) is 4.79 Å². The van der Waals surface area contributed by atoms with Crippen LogP contribution in [0.1, 0.15) is 25.8 Å². The van der Waals surface area contributed by atoms with E-state index in [9.17, 15) is 9.18 Å². The number of nitrogens with zero attached hydrogens (tertiary/aromatic N) is 1. The third-order valence-electron chi connectivity index (χ3n) is 3.22. The average molecular weight is 344 g/mol. The first kappa shape index (κ1) is 18.2. The Morgan fingerprint density at radius 2 is 1.79 bits per heavy atom. The number of halogens is 1. The van der Waals surface area contributed by atoms with Gasteiger partial charge in [-0.1, -0.05) is 56.3 Å². The van der Waals surface area contributed by atoms with Crippen LogP contribution < -0.4 is 5.43 Å². The predicted octanol–water partition coefficient (Wildman–Crippen LogP) is 4.48. The Balaban J connectivity index is 1.97. The van der Waals surface area contributed by atoms with Gasteiger partial charge in [-0.05, 0) is 30.0 Å². The molecule has 3 nitrogen and oxygen atoms in total. The molecule has 126 valence electrons. The molecule has 2 aromatic rings. The summed E-state index contributed by atoms with van der Waals surface area (Å²) in [4.78, 5) is 12.4. The fraction of sp³-hybridized carbons (Fsp3) is 0.263. The number of thioether (sulfide) groups is 1. The average Bonchev–Trinajstić information content (AvgIpc) is 2.58. The van der Waals surface area contributed by atoms with Crippen LogP contribution in [0.2, 0.25) is 0 Å². The van der Waals surface area contributed by atoms with Crippen LogP contribution in [-0.4, -0.2) is 17.4 Å². The van der Waals surface area contributed by atoms with Crippen LogP contribution >= 0.6 is 11.8 Å². The van der Waals surface area contributed by atoms with E-state index in [4.69, 9.17) is 0 Å². The highest BCUT2D eigenvalue weighted by atomic mass is 32.2. The van der Waals surface area contributed by atoms with Gasteiger partial charge >= 0.3 is 0 Å². The fourth-order valence-corrected chi connectivity index (χ4v) is 2.84. The number of nitrogens with one attached hydrogen (secondary N) is 1. The van der Waals surface area contributed by atoms with Gasteiger partial charge in [0, 0.05) is 4.90 Å². The third kappa shape index (κ3) is 5.81. The number of hydrogen-bond donors (Lipinski definition) is 1. The number of hydrazone groups is 1. The second-order valence-corrected chi connectivity index (χ2v) is 6.79. The lowest BCUT2D eigenvalue weighted by molar-refractivity contribution is -0.118. The number of carbonyl (C=O) groups excluding carboxylic acids is 1. The minimum absolute atomic E-state index is 0.119. The normalized spacial score (nSPS) is 11.6. The predicted molar refractivity (Wildman–Crippen MR) is 97.7 cm³/mol. The lowest BCUT2D eigenvalue weighted by Gasteiger charge is -2.10. The summed E-state index contributed by atoms with van der Waals surface area (Å²) in [7, 11) is 0. The second-order valence-electron chi connectivity index (χ2n) is 5.78. The van der Waals surface area contributed by atoms with E-state index in [1.54, 1.807) is 18.2 Å². The minimum atomic E-state index is -0.316. The standard InChI is InChI=1S/C19H21FN2OS/c1-14(2)12-17(15-8-4-3-5-9-15)21-22-19(23)13-24-18-11-7-6-10-16(18)20/h3-11,14H,12-13H2,1-2H3,(H,22,23)/b21-17-. The highest BCUT2D eigenvalue weighted by Gasteiger charge is 2.09. The molecule has 0 aliphatic carbocycles.